The molecule has 1 atom stereocenters. The number of morpholine rings is 1. The third kappa shape index (κ3) is 8.15. The van der Waals surface area contributed by atoms with E-state index in [1.54, 1.807) is 0 Å². The van der Waals surface area contributed by atoms with E-state index >= 15 is 0 Å². The summed E-state index contributed by atoms with van der Waals surface area (Å²) in [5.74, 6) is 0.433. The summed E-state index contributed by atoms with van der Waals surface area (Å²) < 4.78 is 5.25. The predicted molar refractivity (Wildman–Crippen MR) is 74.0 cm³/mol. The summed E-state index contributed by atoms with van der Waals surface area (Å²) in [6.45, 7) is 9.33. The maximum absolute atomic E-state index is 11.4. The van der Waals surface area contributed by atoms with E-state index in [9.17, 15) is 9.90 Å². The lowest BCUT2D eigenvalue weighted by Gasteiger charge is -2.28. The highest BCUT2D eigenvalue weighted by atomic mass is 16.5. The fraction of sp³-hybridized carbons (Fsp3) is 0.923. The van der Waals surface area contributed by atoms with Crippen LogP contribution in [0.3, 0.4) is 0 Å². The van der Waals surface area contributed by atoms with Crippen LogP contribution in [0.15, 0.2) is 0 Å². The standard InChI is InChI=1S/C13H27N3O3/c1-11(2)7-15-13(18)9-14-8-12(17)10-16-3-5-19-6-4-16/h11-12,14,17H,3-10H2,1-2H3,(H,15,18). The van der Waals surface area contributed by atoms with Gasteiger partial charge in [-0.15, -0.1) is 0 Å². The zero-order valence-electron chi connectivity index (χ0n) is 12.0. The molecule has 0 aromatic carbocycles. The molecule has 1 rings (SSSR count). The van der Waals surface area contributed by atoms with E-state index in [1.807, 2.05) is 0 Å². The summed E-state index contributed by atoms with van der Waals surface area (Å²) in [6.07, 6.45) is -0.448. The van der Waals surface area contributed by atoms with Crippen LogP contribution in [0.5, 0.6) is 0 Å². The van der Waals surface area contributed by atoms with E-state index in [1.165, 1.54) is 0 Å². The van der Waals surface area contributed by atoms with E-state index < -0.39 is 6.10 Å². The van der Waals surface area contributed by atoms with Crippen molar-refractivity contribution in [1.29, 1.82) is 0 Å². The minimum Gasteiger partial charge on any atom is -0.390 e. The van der Waals surface area contributed by atoms with Crippen LogP contribution in [0.25, 0.3) is 0 Å². The quantitative estimate of drug-likeness (QED) is 0.531. The van der Waals surface area contributed by atoms with Gasteiger partial charge in [-0.1, -0.05) is 13.8 Å². The molecule has 19 heavy (non-hydrogen) atoms. The van der Waals surface area contributed by atoms with Crippen molar-refractivity contribution in [1.82, 2.24) is 15.5 Å². The number of β-amino-alcohol motifs (C(OH)–C–C–N with tert-alkyl or cyclic N) is 1. The maximum atomic E-state index is 11.4. The smallest absolute Gasteiger partial charge is 0.233 e. The molecule has 6 nitrogen and oxygen atoms in total. The highest BCUT2D eigenvalue weighted by Crippen LogP contribution is 1.98. The molecular formula is C13H27N3O3. The molecule has 3 N–H and O–H groups in total. The molecule has 0 saturated carbocycles. The molecule has 1 unspecified atom stereocenters. The molecule has 0 radical (unpaired) electrons. The number of aliphatic hydroxyl groups excluding tert-OH is 1. The van der Waals surface area contributed by atoms with Crippen molar-refractivity contribution in [3.05, 3.63) is 0 Å². The van der Waals surface area contributed by atoms with Gasteiger partial charge in [0.15, 0.2) is 0 Å². The van der Waals surface area contributed by atoms with Crippen molar-refractivity contribution >= 4 is 5.91 Å². The zero-order chi connectivity index (χ0) is 14.1. The summed E-state index contributed by atoms with van der Waals surface area (Å²) in [6, 6.07) is 0. The fourth-order valence-corrected chi connectivity index (χ4v) is 1.88. The van der Waals surface area contributed by atoms with Crippen LogP contribution in [0.2, 0.25) is 0 Å². The van der Waals surface area contributed by atoms with Gasteiger partial charge in [-0.2, -0.15) is 0 Å². The average molecular weight is 273 g/mol. The number of nitrogens with zero attached hydrogens (tertiary/aromatic N) is 1. The molecule has 1 fully saturated rings. The van der Waals surface area contributed by atoms with Crippen molar-refractivity contribution in [2.24, 2.45) is 5.92 Å². The van der Waals surface area contributed by atoms with Gasteiger partial charge in [-0.05, 0) is 5.92 Å². The van der Waals surface area contributed by atoms with Crippen LogP contribution in [-0.2, 0) is 9.53 Å². The summed E-state index contributed by atoms with van der Waals surface area (Å²) in [5, 5.41) is 15.7. The van der Waals surface area contributed by atoms with Crippen LogP contribution in [0, 0.1) is 5.92 Å². The maximum Gasteiger partial charge on any atom is 0.233 e. The van der Waals surface area contributed by atoms with E-state index in [0.29, 0.717) is 25.6 Å². The molecule has 0 spiro atoms. The second kappa shape index (κ2) is 9.25. The van der Waals surface area contributed by atoms with Crippen LogP contribution >= 0.6 is 0 Å². The Morgan fingerprint density at radius 2 is 2.00 bits per heavy atom. The Bertz CT molecular complexity index is 256. The molecule has 1 heterocycles. The first-order valence-corrected chi connectivity index (χ1v) is 7.03. The number of carbonyl (C=O) groups excluding carboxylic acids is 1. The zero-order valence-corrected chi connectivity index (χ0v) is 12.0. The Morgan fingerprint density at radius 3 is 2.63 bits per heavy atom. The molecule has 1 aliphatic rings. The lowest BCUT2D eigenvalue weighted by molar-refractivity contribution is -0.120. The largest absolute Gasteiger partial charge is 0.390 e. The Labute approximate surface area is 115 Å². The van der Waals surface area contributed by atoms with Gasteiger partial charge in [0.2, 0.25) is 5.91 Å². The number of nitrogens with one attached hydrogen (secondary N) is 2. The molecule has 1 amide bonds. The minimum atomic E-state index is -0.448. The summed E-state index contributed by atoms with van der Waals surface area (Å²) in [7, 11) is 0. The molecule has 0 aliphatic carbocycles. The summed E-state index contributed by atoms with van der Waals surface area (Å²) >= 11 is 0. The van der Waals surface area contributed by atoms with Gasteiger partial charge in [0.1, 0.15) is 0 Å². The van der Waals surface area contributed by atoms with Gasteiger partial charge in [0.05, 0.1) is 25.9 Å². The third-order valence-corrected chi connectivity index (χ3v) is 2.95. The van der Waals surface area contributed by atoms with Crippen molar-refractivity contribution in [2.45, 2.75) is 20.0 Å². The van der Waals surface area contributed by atoms with Gasteiger partial charge in [0, 0.05) is 32.7 Å². The van der Waals surface area contributed by atoms with Crippen LogP contribution < -0.4 is 10.6 Å². The third-order valence-electron chi connectivity index (χ3n) is 2.95. The van der Waals surface area contributed by atoms with Crippen molar-refractivity contribution in [3.8, 4) is 0 Å². The van der Waals surface area contributed by atoms with Crippen LogP contribution in [0.1, 0.15) is 13.8 Å². The average Bonchev–Trinajstić information content (AvgIpc) is 2.37. The molecule has 112 valence electrons. The normalized spacial score (nSPS) is 18.5. The SMILES string of the molecule is CC(C)CNC(=O)CNCC(O)CN1CCOCC1. The van der Waals surface area contributed by atoms with Gasteiger partial charge in [0.25, 0.3) is 0 Å². The number of hydrogen-bond donors (Lipinski definition) is 3. The first-order chi connectivity index (χ1) is 9.08. The Balaban J connectivity index is 2.02. The van der Waals surface area contributed by atoms with Gasteiger partial charge >= 0.3 is 0 Å². The van der Waals surface area contributed by atoms with E-state index in [0.717, 1.165) is 26.3 Å². The number of ether oxygens (including phenoxy) is 1. The summed E-state index contributed by atoms with van der Waals surface area (Å²) in [5.41, 5.74) is 0. The lowest BCUT2D eigenvalue weighted by Crippen LogP contribution is -2.45. The molecule has 1 aliphatic heterocycles. The van der Waals surface area contributed by atoms with Gasteiger partial charge in [-0.3, -0.25) is 9.69 Å². The number of rotatable bonds is 8. The van der Waals surface area contributed by atoms with Crippen LogP contribution in [0.4, 0.5) is 0 Å². The van der Waals surface area contributed by atoms with Crippen molar-refractivity contribution in [2.75, 3.05) is 52.5 Å². The number of hydrogen-bond acceptors (Lipinski definition) is 5. The minimum absolute atomic E-state index is 0.0210. The van der Waals surface area contributed by atoms with Crippen LogP contribution in [-0.4, -0.2) is 74.5 Å². The second-order valence-corrected chi connectivity index (χ2v) is 5.40. The molecule has 0 bridgehead atoms. The molecule has 1 saturated heterocycles. The topological polar surface area (TPSA) is 73.8 Å². The van der Waals surface area contributed by atoms with Gasteiger partial charge in [-0.25, -0.2) is 0 Å². The Hall–Kier alpha value is -0.690. The summed E-state index contributed by atoms with van der Waals surface area (Å²) in [4.78, 5) is 13.6. The van der Waals surface area contributed by atoms with Crippen molar-refractivity contribution < 1.29 is 14.6 Å². The highest BCUT2D eigenvalue weighted by molar-refractivity contribution is 5.77. The number of amides is 1. The Morgan fingerprint density at radius 1 is 1.32 bits per heavy atom. The fourth-order valence-electron chi connectivity index (χ4n) is 1.88. The Kier molecular flexibility index (Phi) is 7.97. The van der Waals surface area contributed by atoms with E-state index in [4.69, 9.17) is 4.74 Å². The number of carbonyl (C=O) groups is 1. The highest BCUT2D eigenvalue weighted by Gasteiger charge is 2.14. The lowest BCUT2D eigenvalue weighted by atomic mass is 10.2. The monoisotopic (exact) mass is 273 g/mol. The van der Waals surface area contributed by atoms with E-state index in [-0.39, 0.29) is 12.5 Å². The van der Waals surface area contributed by atoms with E-state index in [2.05, 4.69) is 29.4 Å². The first kappa shape index (κ1) is 16.4. The molecule has 0 aromatic rings. The second-order valence-electron chi connectivity index (χ2n) is 5.40. The van der Waals surface area contributed by atoms with Gasteiger partial charge < -0.3 is 20.5 Å². The first-order valence-electron chi connectivity index (χ1n) is 7.03. The number of aliphatic hydroxyl groups is 1. The predicted octanol–water partition coefficient (Wildman–Crippen LogP) is -0.959. The molecule has 0 aromatic heterocycles. The molecule has 6 heteroatoms. The van der Waals surface area contributed by atoms with Crippen molar-refractivity contribution in [3.63, 3.8) is 0 Å². The molecular weight excluding hydrogens is 246 g/mol.